The maximum absolute atomic E-state index is 13.8. The lowest BCUT2D eigenvalue weighted by atomic mass is 10.0. The Morgan fingerprint density at radius 2 is 1.02 bits per heavy atom. The number of hydrogen-bond donors (Lipinski definition) is 0. The van der Waals surface area contributed by atoms with Gasteiger partial charge in [-0.3, -0.25) is 9.20 Å². The van der Waals surface area contributed by atoms with Gasteiger partial charge in [0.1, 0.15) is 22.3 Å². The minimum absolute atomic E-state index is 0.0179. The van der Waals surface area contributed by atoms with Crippen molar-refractivity contribution in [3.8, 4) is 16.8 Å². The third kappa shape index (κ3) is 3.51. The van der Waals surface area contributed by atoms with Crippen LogP contribution in [0.2, 0.25) is 0 Å². The van der Waals surface area contributed by atoms with E-state index in [9.17, 15) is 4.79 Å². The first kappa shape index (κ1) is 28.2. The third-order valence-electron chi connectivity index (χ3n) is 11.7. The molecule has 5 aromatic heterocycles. The lowest BCUT2D eigenvalue weighted by Crippen LogP contribution is -2.12. The van der Waals surface area contributed by atoms with Crippen LogP contribution in [-0.4, -0.2) is 8.97 Å². The van der Waals surface area contributed by atoms with Gasteiger partial charge in [-0.2, -0.15) is 0 Å². The smallest absolute Gasteiger partial charge is 0.263 e. The predicted octanol–water partition coefficient (Wildman–Crippen LogP) is 12.8. The summed E-state index contributed by atoms with van der Waals surface area (Å²) in [5, 5.41) is 11.7. The van der Waals surface area contributed by atoms with E-state index in [4.69, 9.17) is 8.83 Å². The van der Waals surface area contributed by atoms with Crippen LogP contribution in [0.5, 0.6) is 0 Å². The minimum Gasteiger partial charge on any atom is -0.456 e. The lowest BCUT2D eigenvalue weighted by Gasteiger charge is -2.07. The van der Waals surface area contributed by atoms with Crippen molar-refractivity contribution in [2.45, 2.75) is 0 Å². The molecule has 0 aliphatic carbocycles. The highest BCUT2D eigenvalue weighted by atomic mass is 16.3. The van der Waals surface area contributed by atoms with Crippen molar-refractivity contribution in [1.29, 1.82) is 0 Å². The Hall–Kier alpha value is -7.37. The van der Waals surface area contributed by atoms with E-state index in [0.29, 0.717) is 0 Å². The summed E-state index contributed by atoms with van der Waals surface area (Å²) in [5.74, 6) is 0. The second-order valence-electron chi connectivity index (χ2n) is 14.4. The highest BCUT2D eigenvalue weighted by Crippen LogP contribution is 2.43. The molecular formula is C49H26N2O3. The summed E-state index contributed by atoms with van der Waals surface area (Å²) in [4.78, 5) is 13.8. The van der Waals surface area contributed by atoms with Gasteiger partial charge in [0.15, 0.2) is 0 Å². The lowest BCUT2D eigenvalue weighted by molar-refractivity contribution is 0.668. The largest absolute Gasteiger partial charge is 0.456 e. The van der Waals surface area contributed by atoms with Gasteiger partial charge in [-0.25, -0.2) is 0 Å². The number of fused-ring (bicyclic) bond motifs is 15. The summed E-state index contributed by atoms with van der Waals surface area (Å²) in [6.07, 6.45) is 0. The molecule has 8 aromatic carbocycles. The van der Waals surface area contributed by atoms with E-state index in [-0.39, 0.29) is 5.56 Å². The Bertz CT molecular complexity index is 3820. The zero-order valence-corrected chi connectivity index (χ0v) is 28.6. The van der Waals surface area contributed by atoms with Gasteiger partial charge in [0.25, 0.3) is 5.56 Å². The minimum atomic E-state index is 0.0179. The molecule has 0 aliphatic heterocycles. The number of rotatable bonds is 2. The molecule has 5 heteroatoms. The van der Waals surface area contributed by atoms with Crippen LogP contribution >= 0.6 is 0 Å². The zero-order valence-electron chi connectivity index (χ0n) is 28.6. The number of hydrogen-bond acceptors (Lipinski definition) is 3. The molecule has 0 saturated carbocycles. The van der Waals surface area contributed by atoms with Crippen molar-refractivity contribution in [3.63, 3.8) is 0 Å². The van der Waals surface area contributed by atoms with Gasteiger partial charge < -0.3 is 13.4 Å². The molecule has 0 unspecified atom stereocenters. The van der Waals surface area contributed by atoms with Crippen molar-refractivity contribution in [2.24, 2.45) is 0 Å². The van der Waals surface area contributed by atoms with Gasteiger partial charge in [-0.05, 0) is 83.2 Å². The molecule has 13 rings (SSSR count). The summed E-state index contributed by atoms with van der Waals surface area (Å²) in [7, 11) is 0. The van der Waals surface area contributed by atoms with Gasteiger partial charge in [-0.1, -0.05) is 84.9 Å². The standard InChI is InChI=1S/C49H26N2O3/c52-49-35-9-2-1-8-30(35)33-12-7-13-34-38-24-27(17-21-40(38)51(49)48(33)34)28-16-19-31-32-20-18-29(26-45(32)54-44(31)25-28)50-39-14-5-3-10-36(39)46-41(50)22-23-43-47(46)37-11-4-6-15-42(37)53-43/h1-26H. The monoisotopic (exact) mass is 690 g/mol. The van der Waals surface area contributed by atoms with Gasteiger partial charge in [0.05, 0.1) is 22.1 Å². The first-order valence-corrected chi connectivity index (χ1v) is 18.2. The van der Waals surface area contributed by atoms with E-state index in [1.807, 2.05) is 40.8 Å². The molecule has 13 aromatic rings. The fraction of sp³-hybridized carbons (Fsp3) is 0. The molecule has 5 heterocycles. The van der Waals surface area contributed by atoms with Crippen LogP contribution in [0.15, 0.2) is 171 Å². The van der Waals surface area contributed by atoms with E-state index < -0.39 is 0 Å². The Labute approximate surface area is 305 Å². The number of benzene rings is 8. The Kier molecular flexibility index (Phi) is 5.20. The highest BCUT2D eigenvalue weighted by Gasteiger charge is 2.21. The topological polar surface area (TPSA) is 52.7 Å². The normalized spacial score (nSPS) is 12.5. The fourth-order valence-corrected chi connectivity index (χ4v) is 9.34. The van der Waals surface area contributed by atoms with Crippen molar-refractivity contribution < 1.29 is 8.83 Å². The van der Waals surface area contributed by atoms with Gasteiger partial charge in [-0.15, -0.1) is 0 Å². The van der Waals surface area contributed by atoms with Crippen molar-refractivity contribution in [1.82, 2.24) is 8.97 Å². The molecule has 0 N–H and O–H groups in total. The number of furan rings is 2. The molecule has 0 aliphatic rings. The van der Waals surface area contributed by atoms with Crippen LogP contribution in [0.1, 0.15) is 0 Å². The van der Waals surface area contributed by atoms with Crippen LogP contribution < -0.4 is 5.56 Å². The molecule has 250 valence electrons. The SMILES string of the molecule is O=c1c2ccccc2c2cccc3c4cc(-c5ccc6c(c5)oc5cc(-n7c8ccccc8c8c9c(ccc87)oc7ccccc79)ccc56)ccc4n1c23. The number of aromatic nitrogens is 2. The molecule has 0 spiro atoms. The molecule has 0 fully saturated rings. The summed E-state index contributed by atoms with van der Waals surface area (Å²) in [6, 6.07) is 54.8. The summed E-state index contributed by atoms with van der Waals surface area (Å²) in [5.41, 5.74) is 10.8. The molecule has 0 radical (unpaired) electrons. The van der Waals surface area contributed by atoms with Crippen LogP contribution in [0, 0.1) is 0 Å². The molecule has 5 nitrogen and oxygen atoms in total. The summed E-state index contributed by atoms with van der Waals surface area (Å²) in [6.45, 7) is 0. The summed E-state index contributed by atoms with van der Waals surface area (Å²) < 4.78 is 17.2. The first-order chi connectivity index (χ1) is 26.7. The third-order valence-corrected chi connectivity index (χ3v) is 11.7. The predicted molar refractivity (Wildman–Crippen MR) is 222 cm³/mol. The zero-order chi connectivity index (χ0) is 35.2. The van der Waals surface area contributed by atoms with Crippen LogP contribution in [0.3, 0.4) is 0 Å². The molecule has 0 atom stereocenters. The van der Waals surface area contributed by atoms with Crippen LogP contribution in [0.4, 0.5) is 0 Å². The average molecular weight is 691 g/mol. The van der Waals surface area contributed by atoms with Crippen LogP contribution in [0.25, 0.3) is 120 Å². The van der Waals surface area contributed by atoms with E-state index in [1.165, 1.54) is 10.8 Å². The quantitative estimate of drug-likeness (QED) is 0.170. The Balaban J connectivity index is 0.984. The van der Waals surface area contributed by atoms with Crippen LogP contribution in [-0.2, 0) is 0 Å². The Morgan fingerprint density at radius 1 is 0.370 bits per heavy atom. The van der Waals surface area contributed by atoms with Gasteiger partial charge in [0.2, 0.25) is 0 Å². The van der Waals surface area contributed by atoms with E-state index >= 15 is 0 Å². The van der Waals surface area contributed by atoms with E-state index in [2.05, 4.69) is 126 Å². The second kappa shape index (κ2) is 9.94. The van der Waals surface area contributed by atoms with Crippen molar-refractivity contribution in [3.05, 3.63) is 168 Å². The van der Waals surface area contributed by atoms with Crippen molar-refractivity contribution >= 4 is 104 Å². The van der Waals surface area contributed by atoms with E-state index in [1.54, 1.807) is 0 Å². The van der Waals surface area contributed by atoms with Gasteiger partial charge in [0, 0.05) is 65.6 Å². The van der Waals surface area contributed by atoms with E-state index in [0.717, 1.165) is 110 Å². The number of para-hydroxylation sites is 3. The molecule has 0 saturated heterocycles. The van der Waals surface area contributed by atoms with Gasteiger partial charge >= 0.3 is 0 Å². The molecule has 0 amide bonds. The molecule has 0 bridgehead atoms. The highest BCUT2D eigenvalue weighted by molar-refractivity contribution is 6.27. The maximum atomic E-state index is 13.8. The average Bonchev–Trinajstić information content (AvgIpc) is 3.97. The number of nitrogens with zero attached hydrogens (tertiary/aromatic N) is 2. The van der Waals surface area contributed by atoms with Crippen molar-refractivity contribution in [2.75, 3.05) is 0 Å². The first-order valence-electron chi connectivity index (χ1n) is 18.2. The number of pyridine rings is 1. The fourth-order valence-electron chi connectivity index (χ4n) is 9.34. The maximum Gasteiger partial charge on any atom is 0.263 e. The Morgan fingerprint density at radius 3 is 1.91 bits per heavy atom. The molecular weight excluding hydrogens is 665 g/mol. The molecule has 54 heavy (non-hydrogen) atoms. The summed E-state index contributed by atoms with van der Waals surface area (Å²) >= 11 is 0. The second-order valence-corrected chi connectivity index (χ2v) is 14.4.